The Morgan fingerprint density at radius 1 is 1.10 bits per heavy atom. The molecule has 0 saturated heterocycles. The number of benzene rings is 1. The van der Waals surface area contributed by atoms with Gasteiger partial charge in [-0.25, -0.2) is 4.79 Å². The molecule has 3 saturated carbocycles. The topological polar surface area (TPSA) is 231 Å². The van der Waals surface area contributed by atoms with Gasteiger partial charge in [0, 0.05) is 30.6 Å². The molecular formula is C34H41N2O12-. The average Bonchev–Trinajstić information content (AvgIpc) is 3.31. The van der Waals surface area contributed by atoms with E-state index in [0.717, 1.165) is 11.6 Å². The van der Waals surface area contributed by atoms with Crippen LogP contribution in [-0.2, 0) is 33.5 Å². The van der Waals surface area contributed by atoms with Gasteiger partial charge in [0.05, 0.1) is 12.1 Å². The van der Waals surface area contributed by atoms with Crippen molar-refractivity contribution in [1.82, 2.24) is 5.32 Å². The molecule has 48 heavy (non-hydrogen) atoms. The zero-order valence-electron chi connectivity index (χ0n) is 26.8. The maximum atomic E-state index is 13.8. The molecule has 260 valence electrons. The third kappa shape index (κ3) is 6.17. The van der Waals surface area contributed by atoms with E-state index >= 15 is 0 Å². The predicted molar refractivity (Wildman–Crippen MR) is 166 cm³/mol. The molecule has 5 N–H and O–H groups in total. The molecule has 14 heteroatoms. The van der Waals surface area contributed by atoms with Crippen LogP contribution in [0.25, 0.3) is 0 Å². The first kappa shape index (κ1) is 35.3. The van der Waals surface area contributed by atoms with Gasteiger partial charge in [-0.15, -0.1) is 0 Å². The fourth-order valence-corrected chi connectivity index (χ4v) is 8.94. The maximum Gasteiger partial charge on any atom is 0.329 e. The van der Waals surface area contributed by atoms with Crippen molar-refractivity contribution in [1.29, 1.82) is 0 Å². The van der Waals surface area contributed by atoms with E-state index in [2.05, 4.69) is 12.2 Å². The second kappa shape index (κ2) is 13.1. The second-order valence-corrected chi connectivity index (χ2v) is 14.1. The molecule has 4 aliphatic rings. The summed E-state index contributed by atoms with van der Waals surface area (Å²) in [5, 5.41) is 53.7. The fourth-order valence-electron chi connectivity index (χ4n) is 8.94. The lowest BCUT2D eigenvalue weighted by atomic mass is 9.46. The molecule has 1 amide bonds. The van der Waals surface area contributed by atoms with E-state index in [-0.39, 0.29) is 53.4 Å². The number of Topliss-reactive ketones (excluding diaryl/α,β-unsaturated/α-hetero) is 2. The Bertz CT molecular complexity index is 1560. The number of aliphatic hydroxyl groups excluding tert-OH is 1. The summed E-state index contributed by atoms with van der Waals surface area (Å²) >= 11 is 0. The van der Waals surface area contributed by atoms with Gasteiger partial charge in [0.15, 0.2) is 18.4 Å². The number of fused-ring (bicyclic) bond motifs is 5. The molecule has 0 aliphatic heterocycles. The number of nitrogens with one attached hydrogen (secondary N) is 1. The first-order valence-corrected chi connectivity index (χ1v) is 16.2. The number of amides is 1. The summed E-state index contributed by atoms with van der Waals surface area (Å²) in [4.78, 5) is 76.1. The Labute approximate surface area is 276 Å². The van der Waals surface area contributed by atoms with E-state index < -0.39 is 76.9 Å². The number of carboxylic acids is 1. The first-order chi connectivity index (χ1) is 22.5. The number of hydrogen-bond acceptors (Lipinski definition) is 12. The Hall–Kier alpha value is -3.98. The average molecular weight is 670 g/mol. The van der Waals surface area contributed by atoms with Crippen LogP contribution in [0.2, 0.25) is 0 Å². The maximum absolute atomic E-state index is 13.8. The van der Waals surface area contributed by atoms with Gasteiger partial charge in [0.1, 0.15) is 17.5 Å². The summed E-state index contributed by atoms with van der Waals surface area (Å²) in [5.74, 6) is -4.63. The zero-order valence-corrected chi connectivity index (χ0v) is 26.8. The van der Waals surface area contributed by atoms with Crippen LogP contribution in [0, 0.1) is 33.8 Å². The number of ether oxygens (including phenoxy) is 1. The lowest BCUT2D eigenvalue weighted by Gasteiger charge is -2.57. The number of anilines is 1. The van der Waals surface area contributed by atoms with E-state index in [4.69, 9.17) is 9.94 Å². The van der Waals surface area contributed by atoms with Crippen LogP contribution in [-0.4, -0.2) is 74.0 Å². The lowest BCUT2D eigenvalue weighted by Crippen LogP contribution is -2.61. The monoisotopic (exact) mass is 669 g/mol. The van der Waals surface area contributed by atoms with Gasteiger partial charge in [0.2, 0.25) is 11.7 Å². The van der Waals surface area contributed by atoms with Gasteiger partial charge in [-0.3, -0.25) is 29.2 Å². The van der Waals surface area contributed by atoms with Crippen LogP contribution in [0.5, 0.6) is 0 Å². The molecule has 1 aromatic carbocycles. The number of carboxylic acid groups (broad SMARTS) is 1. The molecular weight excluding hydrogens is 628 g/mol. The van der Waals surface area contributed by atoms with Crippen molar-refractivity contribution in [2.75, 3.05) is 11.8 Å². The molecule has 3 fully saturated rings. The van der Waals surface area contributed by atoms with E-state index in [1.807, 2.05) is 0 Å². The standard InChI is InChI=1S/C34H41N2O12/c1-32-12-10-21(37)15-19(32)6-7-22-23-11-13-34(45,33(23,2)16-24(38)28(22)32)25(39)17-48-27(41)9-8-26(40)35-29(31(43)44)30(42)18-4-3-5-20(14-18)36(46)47/h3-5,14-15,22-23,28-30,42,45-46H,6-13,16-17H2,1-2H3,(H,35,40)(H,43,44)/q-1/t22-,23+,28+,29-,30+,32-,33+,34-/m0/s1. The molecule has 0 radical (unpaired) electrons. The van der Waals surface area contributed by atoms with Crippen LogP contribution < -0.4 is 10.5 Å². The smallest absolute Gasteiger partial charge is 0.329 e. The molecule has 4 aliphatic carbocycles. The molecule has 1 aromatic rings. The third-order valence-electron chi connectivity index (χ3n) is 11.5. The fraction of sp³-hybridized carbons (Fsp3) is 0.588. The molecule has 8 atom stereocenters. The first-order valence-electron chi connectivity index (χ1n) is 16.2. The lowest BCUT2D eigenvalue weighted by molar-refractivity contribution is -0.173. The van der Waals surface area contributed by atoms with Gasteiger partial charge in [-0.05, 0) is 73.1 Å². The Balaban J connectivity index is 1.16. The highest BCUT2D eigenvalue weighted by Crippen LogP contribution is 2.66. The van der Waals surface area contributed by atoms with Crippen LogP contribution in [0.15, 0.2) is 35.9 Å². The summed E-state index contributed by atoms with van der Waals surface area (Å²) in [5.41, 5.74) is -2.73. The number of carbonyl (C=O) groups is 6. The molecule has 14 nitrogen and oxygen atoms in total. The quantitative estimate of drug-likeness (QED) is 0.168. The minimum absolute atomic E-state index is 0.0119. The predicted octanol–water partition coefficient (Wildman–Crippen LogP) is 2.32. The van der Waals surface area contributed by atoms with Crippen LogP contribution in [0.3, 0.4) is 0 Å². The number of aliphatic carboxylic acids is 1. The van der Waals surface area contributed by atoms with Crippen molar-refractivity contribution >= 4 is 40.9 Å². The van der Waals surface area contributed by atoms with Crippen molar-refractivity contribution in [3.05, 3.63) is 46.7 Å². The number of aliphatic hydroxyl groups is 2. The van der Waals surface area contributed by atoms with Gasteiger partial charge >= 0.3 is 11.9 Å². The highest BCUT2D eigenvalue weighted by Gasteiger charge is 2.68. The van der Waals surface area contributed by atoms with Gasteiger partial charge < -0.3 is 35.8 Å². The van der Waals surface area contributed by atoms with Gasteiger partial charge in [-0.1, -0.05) is 31.6 Å². The van der Waals surface area contributed by atoms with Crippen molar-refractivity contribution in [3.63, 3.8) is 0 Å². The summed E-state index contributed by atoms with van der Waals surface area (Å²) in [6.07, 6.45) is 1.77. The van der Waals surface area contributed by atoms with E-state index in [1.54, 1.807) is 13.0 Å². The molecule has 5 rings (SSSR count). The van der Waals surface area contributed by atoms with E-state index in [1.165, 1.54) is 18.2 Å². The Morgan fingerprint density at radius 3 is 2.52 bits per heavy atom. The Kier molecular flexibility index (Phi) is 9.67. The van der Waals surface area contributed by atoms with Crippen molar-refractivity contribution < 1.29 is 54.0 Å². The number of ketones is 3. The molecule has 0 aromatic heterocycles. The summed E-state index contributed by atoms with van der Waals surface area (Å²) in [6.45, 7) is 3.03. The number of nitrogens with zero attached hydrogens (tertiary/aromatic N) is 1. The summed E-state index contributed by atoms with van der Waals surface area (Å²) < 4.78 is 5.12. The van der Waals surface area contributed by atoms with Crippen LogP contribution in [0.4, 0.5) is 5.69 Å². The highest BCUT2D eigenvalue weighted by atomic mass is 16.8. The SMILES string of the molecule is C[C@]12CCC(=O)C=C1CC[C@H]1[C@H]3CC[C@](O)(C(=O)COC(=O)CCC(=O)N[C@H](C(=O)O)[C@H](O)c4cccc(N([O-])O)c4)[C@]3(C)CC(=O)[C@@H]12. The van der Waals surface area contributed by atoms with Crippen molar-refractivity contribution in [3.8, 4) is 0 Å². The number of allylic oxidation sites excluding steroid dienone is 1. The number of rotatable bonds is 11. The van der Waals surface area contributed by atoms with E-state index in [0.29, 0.717) is 32.1 Å². The van der Waals surface area contributed by atoms with Crippen molar-refractivity contribution in [2.24, 2.45) is 28.6 Å². The van der Waals surface area contributed by atoms with Crippen LogP contribution >= 0.6 is 0 Å². The van der Waals surface area contributed by atoms with Crippen molar-refractivity contribution in [2.45, 2.75) is 89.4 Å². The molecule has 0 heterocycles. The highest BCUT2D eigenvalue weighted by molar-refractivity contribution is 5.95. The zero-order chi connectivity index (χ0) is 35.2. The second-order valence-electron chi connectivity index (χ2n) is 14.1. The van der Waals surface area contributed by atoms with Gasteiger partial charge in [-0.2, -0.15) is 0 Å². The third-order valence-corrected chi connectivity index (χ3v) is 11.5. The minimum Gasteiger partial charge on any atom is -0.733 e. The largest absolute Gasteiger partial charge is 0.733 e. The van der Waals surface area contributed by atoms with Crippen LogP contribution in [0.1, 0.15) is 83.3 Å². The Morgan fingerprint density at radius 2 is 1.83 bits per heavy atom. The van der Waals surface area contributed by atoms with E-state index in [9.17, 15) is 49.3 Å². The molecule has 0 unspecified atom stereocenters. The minimum atomic E-state index is -1.91. The van der Waals surface area contributed by atoms with Gasteiger partial charge in [0.25, 0.3) is 0 Å². The summed E-state index contributed by atoms with van der Waals surface area (Å²) in [6, 6.07) is 2.98. The number of hydrogen-bond donors (Lipinski definition) is 5. The normalized spacial score (nSPS) is 32.1. The number of carbonyl (C=O) groups excluding carboxylic acids is 5. The summed E-state index contributed by atoms with van der Waals surface area (Å²) in [7, 11) is 0. The molecule has 0 spiro atoms. The number of esters is 1. The molecule has 0 bridgehead atoms.